The first-order chi connectivity index (χ1) is 25.3. The Labute approximate surface area is 314 Å². The molecule has 0 bridgehead atoms. The second-order valence-corrected chi connectivity index (χ2v) is 15.0. The first kappa shape index (κ1) is 40.8. The molecular weight excluding hydrogens is 667 g/mol. The van der Waals surface area contributed by atoms with Crippen LogP contribution < -0.4 is 9.64 Å². The summed E-state index contributed by atoms with van der Waals surface area (Å²) in [6.07, 6.45) is 10.9. The predicted molar refractivity (Wildman–Crippen MR) is 216 cm³/mol. The van der Waals surface area contributed by atoms with Crippen molar-refractivity contribution in [3.05, 3.63) is 102 Å². The zero-order valence-corrected chi connectivity index (χ0v) is 33.1. The summed E-state index contributed by atoms with van der Waals surface area (Å²) in [5.74, 6) is 1.91. The molecule has 4 aromatic rings. The summed E-state index contributed by atoms with van der Waals surface area (Å²) in [7, 11) is -1.19. The molecule has 1 aliphatic rings. The molecule has 8 heteroatoms. The average molecular weight is 726 g/mol. The molecule has 0 fully saturated rings. The SMILES string of the molecule is CC.CCCCOCCOc1ccc(-c2ccc3c(c2)C=C(C(=O)Cc2ccc(S(=O)Cc4cncn4CCC)cc2)CCCN3CC(C)C)cc1. The van der Waals surface area contributed by atoms with E-state index in [1.54, 1.807) is 12.5 Å². The van der Waals surface area contributed by atoms with E-state index in [1.807, 2.05) is 50.2 Å². The van der Waals surface area contributed by atoms with E-state index in [2.05, 4.69) is 78.6 Å². The third-order valence-corrected chi connectivity index (χ3v) is 10.3. The van der Waals surface area contributed by atoms with Gasteiger partial charge in [0.05, 0.1) is 35.2 Å². The maximum Gasteiger partial charge on any atom is 0.163 e. The number of aryl methyl sites for hydroxylation is 1. The molecular formula is C44H59N3O4S. The maximum absolute atomic E-state index is 13.8. The molecule has 0 saturated carbocycles. The van der Waals surface area contributed by atoms with Crippen molar-refractivity contribution in [3.8, 4) is 16.9 Å². The summed E-state index contributed by atoms with van der Waals surface area (Å²) in [6, 6.07) is 22.5. The molecule has 2 heterocycles. The van der Waals surface area contributed by atoms with Crippen molar-refractivity contribution in [1.82, 2.24) is 9.55 Å². The number of allylic oxidation sites excluding steroid dienone is 1. The Kier molecular flexibility index (Phi) is 16.9. The van der Waals surface area contributed by atoms with E-state index in [9.17, 15) is 9.00 Å². The topological polar surface area (TPSA) is 73.7 Å². The fourth-order valence-electron chi connectivity index (χ4n) is 6.33. The van der Waals surface area contributed by atoms with E-state index in [-0.39, 0.29) is 5.78 Å². The number of nitrogens with zero attached hydrogens (tertiary/aromatic N) is 3. The molecule has 280 valence electrons. The van der Waals surface area contributed by atoms with Gasteiger partial charge < -0.3 is 18.9 Å². The zero-order valence-electron chi connectivity index (χ0n) is 32.2. The van der Waals surface area contributed by atoms with Gasteiger partial charge in [0, 0.05) is 49.4 Å². The van der Waals surface area contributed by atoms with Gasteiger partial charge in [-0.3, -0.25) is 9.00 Å². The van der Waals surface area contributed by atoms with Gasteiger partial charge in [-0.15, -0.1) is 0 Å². The van der Waals surface area contributed by atoms with Gasteiger partial charge >= 0.3 is 0 Å². The Bertz CT molecular complexity index is 1730. The van der Waals surface area contributed by atoms with E-state index < -0.39 is 10.8 Å². The fraction of sp³-hybridized carbons (Fsp3) is 0.455. The molecule has 52 heavy (non-hydrogen) atoms. The highest BCUT2D eigenvalue weighted by Crippen LogP contribution is 2.33. The molecule has 0 spiro atoms. The average Bonchev–Trinajstić information content (AvgIpc) is 3.58. The molecule has 0 N–H and O–H groups in total. The van der Waals surface area contributed by atoms with Crippen molar-refractivity contribution in [2.24, 2.45) is 5.92 Å². The maximum atomic E-state index is 13.8. The minimum Gasteiger partial charge on any atom is -0.491 e. The third kappa shape index (κ3) is 12.0. The van der Waals surface area contributed by atoms with Crippen LogP contribution in [0.4, 0.5) is 5.69 Å². The summed E-state index contributed by atoms with van der Waals surface area (Å²) < 4.78 is 26.7. The second kappa shape index (κ2) is 21.5. The standard InChI is InChI=1S/C42H53N3O4S.C2H6/c1-5-7-22-48-23-24-49-39-15-12-34(13-16-39)35-14-19-41-37(26-35)27-36(9-8-21-44(41)29-32(3)4)42(46)25-33-10-17-40(18-11-33)50(47)30-38-28-43-31-45(38)20-6-2;1-2/h10-19,26-28,31-32H,5-9,20-25,29-30H2,1-4H3;1-2H3. The minimum atomic E-state index is -1.19. The normalized spacial score (nSPS) is 13.4. The van der Waals surface area contributed by atoms with E-state index in [0.717, 1.165) is 103 Å². The van der Waals surface area contributed by atoms with Crippen LogP contribution >= 0.6 is 0 Å². The van der Waals surface area contributed by atoms with Crippen LogP contribution in [0.1, 0.15) is 90.5 Å². The summed E-state index contributed by atoms with van der Waals surface area (Å²) in [4.78, 5) is 21.3. The van der Waals surface area contributed by atoms with Gasteiger partial charge in [0.15, 0.2) is 5.78 Å². The van der Waals surface area contributed by atoms with Gasteiger partial charge in [0.25, 0.3) is 0 Å². The van der Waals surface area contributed by atoms with Crippen molar-refractivity contribution in [2.45, 2.75) is 97.3 Å². The molecule has 0 amide bonds. The van der Waals surface area contributed by atoms with Crippen molar-refractivity contribution in [1.29, 1.82) is 0 Å². The van der Waals surface area contributed by atoms with Gasteiger partial charge in [0.1, 0.15) is 12.4 Å². The van der Waals surface area contributed by atoms with Gasteiger partial charge in [-0.1, -0.05) is 78.3 Å². The number of ketones is 1. The Balaban J connectivity index is 0.00000297. The molecule has 0 aliphatic carbocycles. The number of ether oxygens (including phenoxy) is 2. The lowest BCUT2D eigenvalue weighted by molar-refractivity contribution is -0.115. The monoisotopic (exact) mass is 725 g/mol. The number of Topliss-reactive ketones (excluding diaryl/α,β-unsaturated/α-hetero) is 1. The Morgan fingerprint density at radius 1 is 0.923 bits per heavy atom. The van der Waals surface area contributed by atoms with Gasteiger partial charge in [-0.05, 0) is 102 Å². The minimum absolute atomic E-state index is 0.135. The highest BCUT2D eigenvalue weighted by Gasteiger charge is 2.20. The van der Waals surface area contributed by atoms with Crippen LogP contribution in [0, 0.1) is 5.92 Å². The molecule has 5 rings (SSSR count). The number of rotatable bonds is 18. The Morgan fingerprint density at radius 2 is 1.67 bits per heavy atom. The van der Waals surface area contributed by atoms with Crippen LogP contribution in [0.15, 0.2) is 89.7 Å². The number of benzene rings is 3. The van der Waals surface area contributed by atoms with E-state index in [1.165, 1.54) is 5.69 Å². The first-order valence-electron chi connectivity index (χ1n) is 19.2. The smallest absolute Gasteiger partial charge is 0.163 e. The van der Waals surface area contributed by atoms with Gasteiger partial charge in [0.2, 0.25) is 0 Å². The van der Waals surface area contributed by atoms with E-state index >= 15 is 0 Å². The van der Waals surface area contributed by atoms with Crippen molar-refractivity contribution in [3.63, 3.8) is 0 Å². The number of hydrogen-bond donors (Lipinski definition) is 0. The summed E-state index contributed by atoms with van der Waals surface area (Å²) >= 11 is 0. The number of fused-ring (bicyclic) bond motifs is 1. The van der Waals surface area contributed by atoms with Gasteiger partial charge in [-0.25, -0.2) is 4.98 Å². The summed E-state index contributed by atoms with van der Waals surface area (Å²) in [6.45, 7) is 17.4. The lowest BCUT2D eigenvalue weighted by atomic mass is 9.93. The highest BCUT2D eigenvalue weighted by atomic mass is 32.2. The lowest BCUT2D eigenvalue weighted by Gasteiger charge is -2.30. The van der Waals surface area contributed by atoms with Crippen LogP contribution in [0.2, 0.25) is 0 Å². The van der Waals surface area contributed by atoms with Crippen molar-refractivity contribution < 1.29 is 18.5 Å². The lowest BCUT2D eigenvalue weighted by Crippen LogP contribution is -2.30. The van der Waals surface area contributed by atoms with Crippen LogP contribution in [-0.2, 0) is 39.0 Å². The summed E-state index contributed by atoms with van der Waals surface area (Å²) in [5, 5.41) is 0. The molecule has 1 aromatic heterocycles. The number of aromatic nitrogens is 2. The van der Waals surface area contributed by atoms with E-state index in [0.29, 0.717) is 31.3 Å². The molecule has 1 atom stereocenters. The van der Waals surface area contributed by atoms with Crippen molar-refractivity contribution >= 4 is 28.3 Å². The van der Waals surface area contributed by atoms with Crippen LogP contribution in [0.3, 0.4) is 0 Å². The number of anilines is 1. The number of hydrogen-bond acceptors (Lipinski definition) is 6. The first-order valence-corrected chi connectivity index (χ1v) is 20.6. The number of imidazole rings is 1. The molecule has 7 nitrogen and oxygen atoms in total. The Hall–Kier alpha value is -4.01. The molecule has 0 saturated heterocycles. The third-order valence-electron chi connectivity index (χ3n) is 8.94. The molecule has 1 unspecified atom stereocenters. The van der Waals surface area contributed by atoms with Crippen LogP contribution in [-0.4, -0.2) is 52.5 Å². The van der Waals surface area contributed by atoms with E-state index in [4.69, 9.17) is 9.47 Å². The fourth-order valence-corrected chi connectivity index (χ4v) is 7.44. The molecule has 3 aromatic carbocycles. The highest BCUT2D eigenvalue weighted by molar-refractivity contribution is 7.84. The number of carbonyl (C=O) groups is 1. The van der Waals surface area contributed by atoms with Crippen LogP contribution in [0.5, 0.6) is 5.75 Å². The molecule has 0 radical (unpaired) electrons. The summed E-state index contributed by atoms with van der Waals surface area (Å²) in [5.41, 5.74) is 7.21. The largest absolute Gasteiger partial charge is 0.491 e. The molecule has 1 aliphatic heterocycles. The van der Waals surface area contributed by atoms with Gasteiger partial charge in [-0.2, -0.15) is 0 Å². The van der Waals surface area contributed by atoms with Crippen LogP contribution in [0.25, 0.3) is 17.2 Å². The quantitative estimate of drug-likeness (QED) is 0.0952. The second-order valence-electron chi connectivity index (χ2n) is 13.5. The Morgan fingerprint density at radius 3 is 2.38 bits per heavy atom. The number of carbonyl (C=O) groups excluding carboxylic acids is 1. The van der Waals surface area contributed by atoms with Crippen molar-refractivity contribution in [2.75, 3.05) is 37.8 Å². The zero-order chi connectivity index (χ0) is 37.3. The number of unbranched alkanes of at least 4 members (excludes halogenated alkanes) is 1. The predicted octanol–water partition coefficient (Wildman–Crippen LogP) is 9.94.